The summed E-state index contributed by atoms with van der Waals surface area (Å²) in [5.74, 6) is 0.0823. The van der Waals surface area contributed by atoms with Crippen molar-refractivity contribution in [2.45, 2.75) is 32.9 Å². The number of carbonyl (C=O) groups excluding carboxylic acids is 1. The molecule has 104 valence electrons. The van der Waals surface area contributed by atoms with E-state index in [1.165, 1.54) is 0 Å². The first-order valence-corrected chi connectivity index (χ1v) is 6.84. The Labute approximate surface area is 114 Å². The van der Waals surface area contributed by atoms with Gasteiger partial charge in [0.1, 0.15) is 0 Å². The molecule has 0 aromatic heterocycles. The lowest BCUT2D eigenvalue weighted by Crippen LogP contribution is -2.44. The molecule has 1 fully saturated rings. The molecule has 0 spiro atoms. The monoisotopic (exact) mass is 262 g/mol. The summed E-state index contributed by atoms with van der Waals surface area (Å²) < 4.78 is 5.48. The standard InChI is InChI=1S/C15H22N2O2/c1-11(2)16-14-7-5-4-6-13(14)15(18)17-8-9-19-12(3)10-17/h4-7,11-12,16H,8-10H2,1-3H3. The predicted molar refractivity (Wildman–Crippen MR) is 76.5 cm³/mol. The molecule has 1 N–H and O–H groups in total. The number of amides is 1. The highest BCUT2D eigenvalue weighted by Crippen LogP contribution is 2.19. The molecule has 1 saturated heterocycles. The van der Waals surface area contributed by atoms with Gasteiger partial charge in [0.15, 0.2) is 0 Å². The Hall–Kier alpha value is -1.55. The molecular weight excluding hydrogens is 240 g/mol. The zero-order valence-corrected chi connectivity index (χ0v) is 11.8. The molecule has 1 aromatic rings. The van der Waals surface area contributed by atoms with Crippen molar-refractivity contribution in [1.82, 2.24) is 4.90 Å². The number of nitrogens with zero attached hydrogens (tertiary/aromatic N) is 1. The molecule has 0 aliphatic carbocycles. The van der Waals surface area contributed by atoms with E-state index >= 15 is 0 Å². The number of para-hydroxylation sites is 1. The normalized spacial score (nSPS) is 19.6. The number of ether oxygens (including phenoxy) is 1. The van der Waals surface area contributed by atoms with Gasteiger partial charge in [-0.3, -0.25) is 4.79 Å². The smallest absolute Gasteiger partial charge is 0.256 e. The van der Waals surface area contributed by atoms with Gasteiger partial charge in [-0.15, -0.1) is 0 Å². The number of morpholine rings is 1. The first kappa shape index (κ1) is 13.9. The summed E-state index contributed by atoms with van der Waals surface area (Å²) in [4.78, 5) is 14.4. The van der Waals surface area contributed by atoms with E-state index in [0.717, 1.165) is 11.3 Å². The van der Waals surface area contributed by atoms with Crippen LogP contribution in [0.2, 0.25) is 0 Å². The second-order valence-corrected chi connectivity index (χ2v) is 5.28. The Morgan fingerprint density at radius 3 is 2.84 bits per heavy atom. The van der Waals surface area contributed by atoms with Gasteiger partial charge < -0.3 is 15.0 Å². The minimum absolute atomic E-state index is 0.0823. The van der Waals surface area contributed by atoms with Gasteiger partial charge in [-0.1, -0.05) is 12.1 Å². The van der Waals surface area contributed by atoms with Crippen molar-refractivity contribution < 1.29 is 9.53 Å². The number of carbonyl (C=O) groups is 1. The summed E-state index contributed by atoms with van der Waals surface area (Å²) in [6, 6.07) is 7.99. The van der Waals surface area contributed by atoms with Crippen LogP contribution in [0.15, 0.2) is 24.3 Å². The maximum atomic E-state index is 12.6. The Bertz CT molecular complexity index is 446. The number of anilines is 1. The number of hydrogen-bond acceptors (Lipinski definition) is 3. The molecule has 0 saturated carbocycles. The molecule has 1 aliphatic rings. The van der Waals surface area contributed by atoms with Gasteiger partial charge >= 0.3 is 0 Å². The van der Waals surface area contributed by atoms with E-state index in [9.17, 15) is 4.79 Å². The number of hydrogen-bond donors (Lipinski definition) is 1. The summed E-state index contributed by atoms with van der Waals surface area (Å²) in [5.41, 5.74) is 1.65. The fourth-order valence-electron chi connectivity index (χ4n) is 2.28. The maximum absolute atomic E-state index is 12.6. The minimum atomic E-state index is 0.0823. The van der Waals surface area contributed by atoms with Crippen molar-refractivity contribution >= 4 is 11.6 Å². The first-order valence-electron chi connectivity index (χ1n) is 6.84. The molecule has 1 heterocycles. The Balaban J connectivity index is 2.18. The van der Waals surface area contributed by atoms with E-state index in [0.29, 0.717) is 25.7 Å². The lowest BCUT2D eigenvalue weighted by Gasteiger charge is -2.31. The van der Waals surface area contributed by atoms with Crippen LogP contribution in [0.25, 0.3) is 0 Å². The summed E-state index contributed by atoms with van der Waals surface area (Å²) in [5, 5.41) is 3.33. The predicted octanol–water partition coefficient (Wildman–Crippen LogP) is 2.37. The van der Waals surface area contributed by atoms with Crippen molar-refractivity contribution in [3.8, 4) is 0 Å². The van der Waals surface area contributed by atoms with Gasteiger partial charge in [0.25, 0.3) is 5.91 Å². The fourth-order valence-corrected chi connectivity index (χ4v) is 2.28. The number of benzene rings is 1. The van der Waals surface area contributed by atoms with Crippen LogP contribution in [0.3, 0.4) is 0 Å². The van der Waals surface area contributed by atoms with Crippen LogP contribution >= 0.6 is 0 Å². The summed E-state index contributed by atoms with van der Waals surface area (Å²) in [7, 11) is 0. The Morgan fingerprint density at radius 2 is 2.16 bits per heavy atom. The van der Waals surface area contributed by atoms with Gasteiger partial charge in [-0.25, -0.2) is 0 Å². The number of rotatable bonds is 3. The van der Waals surface area contributed by atoms with Crippen LogP contribution in [0.1, 0.15) is 31.1 Å². The summed E-state index contributed by atoms with van der Waals surface area (Å²) in [6.45, 7) is 8.08. The van der Waals surface area contributed by atoms with Crippen molar-refractivity contribution in [2.75, 3.05) is 25.0 Å². The molecule has 1 aliphatic heterocycles. The summed E-state index contributed by atoms with van der Waals surface area (Å²) in [6.07, 6.45) is 0.114. The van der Waals surface area contributed by atoms with Gasteiger partial charge in [0.2, 0.25) is 0 Å². The third-order valence-electron chi connectivity index (χ3n) is 3.13. The van der Waals surface area contributed by atoms with Crippen molar-refractivity contribution in [3.05, 3.63) is 29.8 Å². The third-order valence-corrected chi connectivity index (χ3v) is 3.13. The van der Waals surface area contributed by atoms with E-state index in [1.54, 1.807) is 0 Å². The number of nitrogens with one attached hydrogen (secondary N) is 1. The maximum Gasteiger partial charge on any atom is 0.256 e. The van der Waals surface area contributed by atoms with E-state index < -0.39 is 0 Å². The van der Waals surface area contributed by atoms with E-state index in [-0.39, 0.29) is 12.0 Å². The van der Waals surface area contributed by atoms with Crippen LogP contribution in [0.5, 0.6) is 0 Å². The fraction of sp³-hybridized carbons (Fsp3) is 0.533. The summed E-state index contributed by atoms with van der Waals surface area (Å²) >= 11 is 0. The molecule has 19 heavy (non-hydrogen) atoms. The highest BCUT2D eigenvalue weighted by molar-refractivity contribution is 5.99. The molecule has 2 rings (SSSR count). The highest BCUT2D eigenvalue weighted by Gasteiger charge is 2.24. The molecule has 1 atom stereocenters. The Morgan fingerprint density at radius 1 is 1.42 bits per heavy atom. The SMILES string of the molecule is CC(C)Nc1ccccc1C(=O)N1CCOC(C)C1. The minimum Gasteiger partial charge on any atom is -0.382 e. The molecule has 4 nitrogen and oxygen atoms in total. The molecule has 1 unspecified atom stereocenters. The average Bonchev–Trinajstić information content (AvgIpc) is 2.38. The molecular formula is C15H22N2O2. The van der Waals surface area contributed by atoms with E-state index in [1.807, 2.05) is 36.1 Å². The van der Waals surface area contributed by atoms with Gasteiger partial charge in [0, 0.05) is 24.8 Å². The topological polar surface area (TPSA) is 41.6 Å². The quantitative estimate of drug-likeness (QED) is 0.909. The second kappa shape index (κ2) is 6.06. The molecule has 0 radical (unpaired) electrons. The first-order chi connectivity index (χ1) is 9.08. The van der Waals surface area contributed by atoms with Gasteiger partial charge in [-0.2, -0.15) is 0 Å². The lowest BCUT2D eigenvalue weighted by atomic mass is 10.1. The van der Waals surface area contributed by atoms with Crippen LogP contribution in [0.4, 0.5) is 5.69 Å². The van der Waals surface area contributed by atoms with Crippen LogP contribution < -0.4 is 5.32 Å². The van der Waals surface area contributed by atoms with Crippen LogP contribution in [-0.4, -0.2) is 42.6 Å². The molecule has 1 aromatic carbocycles. The molecule has 4 heteroatoms. The zero-order chi connectivity index (χ0) is 13.8. The molecule has 0 bridgehead atoms. The zero-order valence-electron chi connectivity index (χ0n) is 11.8. The van der Waals surface area contributed by atoms with Crippen molar-refractivity contribution in [3.63, 3.8) is 0 Å². The molecule has 1 amide bonds. The van der Waals surface area contributed by atoms with Gasteiger partial charge in [-0.05, 0) is 32.9 Å². The average molecular weight is 262 g/mol. The van der Waals surface area contributed by atoms with Gasteiger partial charge in [0.05, 0.1) is 18.3 Å². The Kier molecular flexibility index (Phi) is 4.43. The largest absolute Gasteiger partial charge is 0.382 e. The van der Waals surface area contributed by atoms with Crippen LogP contribution in [0, 0.1) is 0 Å². The van der Waals surface area contributed by atoms with Crippen molar-refractivity contribution in [1.29, 1.82) is 0 Å². The second-order valence-electron chi connectivity index (χ2n) is 5.28. The highest BCUT2D eigenvalue weighted by atomic mass is 16.5. The van der Waals surface area contributed by atoms with Crippen molar-refractivity contribution in [2.24, 2.45) is 0 Å². The van der Waals surface area contributed by atoms with E-state index in [4.69, 9.17) is 4.74 Å². The third kappa shape index (κ3) is 3.47. The van der Waals surface area contributed by atoms with Crippen LogP contribution in [-0.2, 0) is 4.74 Å². The van der Waals surface area contributed by atoms with E-state index in [2.05, 4.69) is 19.2 Å². The lowest BCUT2D eigenvalue weighted by molar-refractivity contribution is -0.0123.